The minimum atomic E-state index is -0.778. The zero-order valence-corrected chi connectivity index (χ0v) is 8.61. The molecule has 15 heavy (non-hydrogen) atoms. The molecule has 2 fully saturated rings. The van der Waals surface area contributed by atoms with E-state index in [0.29, 0.717) is 13.0 Å². The number of hydrogen-bond acceptors (Lipinski definition) is 3. The van der Waals surface area contributed by atoms with E-state index in [4.69, 9.17) is 5.11 Å². The number of aliphatic carboxylic acids is 1. The van der Waals surface area contributed by atoms with Crippen LogP contribution in [0.15, 0.2) is 0 Å². The van der Waals surface area contributed by atoms with Gasteiger partial charge in [-0.1, -0.05) is 0 Å². The van der Waals surface area contributed by atoms with Crippen molar-refractivity contribution in [3.05, 3.63) is 0 Å². The Morgan fingerprint density at radius 3 is 2.53 bits per heavy atom. The van der Waals surface area contributed by atoms with Gasteiger partial charge in [-0.15, -0.1) is 0 Å². The van der Waals surface area contributed by atoms with Crippen LogP contribution in [0.4, 0.5) is 0 Å². The highest BCUT2D eigenvalue weighted by Gasteiger charge is 2.33. The van der Waals surface area contributed by atoms with E-state index < -0.39 is 5.97 Å². The second kappa shape index (κ2) is 4.18. The van der Waals surface area contributed by atoms with Gasteiger partial charge in [0.15, 0.2) is 0 Å². The molecular formula is C10H16N2O3. The Morgan fingerprint density at radius 2 is 2.00 bits per heavy atom. The number of nitrogens with one attached hydrogen (secondary N) is 1. The second-order valence-corrected chi connectivity index (χ2v) is 4.32. The van der Waals surface area contributed by atoms with E-state index in [0.717, 1.165) is 26.1 Å². The number of amides is 1. The van der Waals surface area contributed by atoms with Gasteiger partial charge in [-0.25, -0.2) is 0 Å². The first-order valence-corrected chi connectivity index (χ1v) is 5.41. The van der Waals surface area contributed by atoms with Crippen LogP contribution in [-0.4, -0.2) is 48.1 Å². The van der Waals surface area contributed by atoms with E-state index in [9.17, 15) is 9.59 Å². The van der Waals surface area contributed by atoms with Crippen LogP contribution in [0.1, 0.15) is 12.8 Å². The van der Waals surface area contributed by atoms with E-state index in [-0.39, 0.29) is 17.7 Å². The van der Waals surface area contributed by atoms with Gasteiger partial charge < -0.3 is 15.3 Å². The molecule has 2 heterocycles. The maximum atomic E-state index is 11.8. The largest absolute Gasteiger partial charge is 0.481 e. The number of carboxylic acids is 1. The predicted octanol–water partition coefficient (Wildman–Crippen LogP) is -0.471. The molecule has 0 spiro atoms. The van der Waals surface area contributed by atoms with Crippen LogP contribution >= 0.6 is 0 Å². The summed E-state index contributed by atoms with van der Waals surface area (Å²) in [6.45, 7) is 2.60. The van der Waals surface area contributed by atoms with Crippen LogP contribution in [0.3, 0.4) is 0 Å². The van der Waals surface area contributed by atoms with E-state index in [1.54, 1.807) is 4.90 Å². The van der Waals surface area contributed by atoms with Gasteiger partial charge in [0, 0.05) is 26.2 Å². The van der Waals surface area contributed by atoms with Crippen molar-refractivity contribution in [2.75, 3.05) is 26.2 Å². The maximum absolute atomic E-state index is 11.8. The zero-order valence-electron chi connectivity index (χ0n) is 8.61. The standard InChI is InChI=1S/C10H16N2O3/c13-9(8-4-11-5-8)12-3-1-2-7(6-12)10(14)15/h7-8,11H,1-6H2,(H,14,15)/t7-/m1/s1. The third-order valence-electron chi connectivity index (χ3n) is 3.21. The summed E-state index contributed by atoms with van der Waals surface area (Å²) in [6, 6.07) is 0. The van der Waals surface area contributed by atoms with Crippen molar-refractivity contribution < 1.29 is 14.7 Å². The molecule has 0 unspecified atom stereocenters. The molecule has 2 rings (SSSR count). The molecule has 1 amide bonds. The Labute approximate surface area is 88.4 Å². The number of carboxylic acid groups (broad SMARTS) is 1. The lowest BCUT2D eigenvalue weighted by molar-refractivity contribution is -0.147. The molecule has 2 saturated heterocycles. The fourth-order valence-corrected chi connectivity index (χ4v) is 2.10. The molecule has 84 valence electrons. The Hall–Kier alpha value is -1.10. The molecular weight excluding hydrogens is 196 g/mol. The molecule has 0 bridgehead atoms. The van der Waals surface area contributed by atoms with Crippen molar-refractivity contribution in [1.29, 1.82) is 0 Å². The topological polar surface area (TPSA) is 69.6 Å². The molecule has 0 aromatic rings. The van der Waals surface area contributed by atoms with Crippen LogP contribution in [0.25, 0.3) is 0 Å². The van der Waals surface area contributed by atoms with Crippen molar-refractivity contribution in [3.63, 3.8) is 0 Å². The van der Waals surface area contributed by atoms with E-state index in [1.807, 2.05) is 0 Å². The highest BCUT2D eigenvalue weighted by atomic mass is 16.4. The quantitative estimate of drug-likeness (QED) is 0.649. The van der Waals surface area contributed by atoms with Crippen LogP contribution < -0.4 is 5.32 Å². The second-order valence-electron chi connectivity index (χ2n) is 4.32. The zero-order chi connectivity index (χ0) is 10.8. The SMILES string of the molecule is O=C(O)[C@@H]1CCCN(C(=O)C2CNC2)C1. The van der Waals surface area contributed by atoms with Gasteiger partial charge in [-0.05, 0) is 12.8 Å². The highest BCUT2D eigenvalue weighted by Crippen LogP contribution is 2.19. The molecule has 2 aliphatic heterocycles. The monoisotopic (exact) mass is 212 g/mol. The van der Waals surface area contributed by atoms with Gasteiger partial charge in [0.2, 0.25) is 5.91 Å². The van der Waals surface area contributed by atoms with E-state index >= 15 is 0 Å². The minimum absolute atomic E-state index is 0.0811. The summed E-state index contributed by atoms with van der Waals surface area (Å²) in [5, 5.41) is 11.9. The third-order valence-corrected chi connectivity index (χ3v) is 3.21. The van der Waals surface area contributed by atoms with Gasteiger partial charge >= 0.3 is 5.97 Å². The first-order valence-electron chi connectivity index (χ1n) is 5.41. The minimum Gasteiger partial charge on any atom is -0.481 e. The van der Waals surface area contributed by atoms with Gasteiger partial charge in [0.05, 0.1) is 11.8 Å². The molecule has 1 atom stereocenters. The van der Waals surface area contributed by atoms with Gasteiger partial charge in [0.25, 0.3) is 0 Å². The van der Waals surface area contributed by atoms with Crippen LogP contribution in [-0.2, 0) is 9.59 Å². The Kier molecular flexibility index (Phi) is 2.90. The molecule has 0 aromatic heterocycles. The average molecular weight is 212 g/mol. The van der Waals surface area contributed by atoms with Crippen molar-refractivity contribution in [2.45, 2.75) is 12.8 Å². The summed E-state index contributed by atoms with van der Waals surface area (Å²) < 4.78 is 0. The molecule has 5 heteroatoms. The normalized spacial score (nSPS) is 27.2. The van der Waals surface area contributed by atoms with Crippen molar-refractivity contribution in [1.82, 2.24) is 10.2 Å². The molecule has 0 aromatic carbocycles. The fourth-order valence-electron chi connectivity index (χ4n) is 2.10. The molecule has 0 saturated carbocycles. The first-order chi connectivity index (χ1) is 7.18. The summed E-state index contributed by atoms with van der Waals surface area (Å²) in [5.41, 5.74) is 0. The van der Waals surface area contributed by atoms with Crippen LogP contribution in [0, 0.1) is 11.8 Å². The van der Waals surface area contributed by atoms with Crippen molar-refractivity contribution in [3.8, 4) is 0 Å². The average Bonchev–Trinajstić information content (AvgIpc) is 2.15. The van der Waals surface area contributed by atoms with Crippen LogP contribution in [0.2, 0.25) is 0 Å². The maximum Gasteiger partial charge on any atom is 0.308 e. The number of carbonyl (C=O) groups excluding carboxylic acids is 1. The van der Waals surface area contributed by atoms with Crippen molar-refractivity contribution in [2.24, 2.45) is 11.8 Å². The van der Waals surface area contributed by atoms with E-state index in [1.165, 1.54) is 0 Å². The van der Waals surface area contributed by atoms with E-state index in [2.05, 4.69) is 5.32 Å². The first kappa shape index (κ1) is 10.4. The van der Waals surface area contributed by atoms with Gasteiger partial charge in [-0.2, -0.15) is 0 Å². The molecule has 0 radical (unpaired) electrons. The summed E-state index contributed by atoms with van der Waals surface area (Å²) in [7, 11) is 0. The molecule has 2 N–H and O–H groups in total. The number of piperidine rings is 1. The summed E-state index contributed by atoms with van der Waals surface area (Å²) in [4.78, 5) is 24.4. The molecule has 2 aliphatic rings. The summed E-state index contributed by atoms with van der Waals surface area (Å²) in [6.07, 6.45) is 1.50. The van der Waals surface area contributed by atoms with Crippen molar-refractivity contribution >= 4 is 11.9 Å². The summed E-state index contributed by atoms with van der Waals surface area (Å²) >= 11 is 0. The highest BCUT2D eigenvalue weighted by molar-refractivity contribution is 5.81. The summed E-state index contributed by atoms with van der Waals surface area (Å²) in [5.74, 6) is -0.938. The Bertz CT molecular complexity index is 276. The number of rotatable bonds is 2. The molecule has 5 nitrogen and oxygen atoms in total. The fraction of sp³-hybridized carbons (Fsp3) is 0.800. The number of carbonyl (C=O) groups is 2. The predicted molar refractivity (Wildman–Crippen MR) is 53.3 cm³/mol. The molecule has 0 aliphatic carbocycles. The van der Waals surface area contributed by atoms with Crippen LogP contribution in [0.5, 0.6) is 0 Å². The number of hydrogen-bond donors (Lipinski definition) is 2. The lowest BCUT2D eigenvalue weighted by Gasteiger charge is -2.36. The number of nitrogens with zero attached hydrogens (tertiary/aromatic N) is 1. The van der Waals surface area contributed by atoms with Gasteiger partial charge in [-0.3, -0.25) is 9.59 Å². The lowest BCUT2D eigenvalue weighted by Crippen LogP contribution is -2.54. The van der Waals surface area contributed by atoms with Gasteiger partial charge in [0.1, 0.15) is 0 Å². The smallest absolute Gasteiger partial charge is 0.308 e. The Balaban J connectivity index is 1.91. The Morgan fingerprint density at radius 1 is 1.27 bits per heavy atom. The number of likely N-dealkylation sites (tertiary alicyclic amines) is 1. The lowest BCUT2D eigenvalue weighted by atomic mass is 9.95. The third kappa shape index (κ3) is 2.12.